The molecule has 0 aliphatic heterocycles. The molecular weight excluding hydrogens is 354 g/mol. The molecule has 0 heterocycles. The summed E-state index contributed by atoms with van der Waals surface area (Å²) < 4.78 is 1.43. The van der Waals surface area contributed by atoms with Gasteiger partial charge < -0.3 is 15.5 Å². The lowest BCUT2D eigenvalue weighted by Crippen LogP contribution is -2.51. The van der Waals surface area contributed by atoms with Crippen LogP contribution in [0.15, 0.2) is 27.1 Å². The summed E-state index contributed by atoms with van der Waals surface area (Å²) in [6.45, 7) is 0.901. The van der Waals surface area contributed by atoms with E-state index in [-0.39, 0.29) is 19.1 Å². The summed E-state index contributed by atoms with van der Waals surface area (Å²) in [6, 6.07) is 5.21. The van der Waals surface area contributed by atoms with Gasteiger partial charge in [0.15, 0.2) is 0 Å². The highest BCUT2D eigenvalue weighted by atomic mass is 79.9. The molecule has 1 rings (SSSR count). The van der Waals surface area contributed by atoms with E-state index in [9.17, 15) is 4.79 Å². The SMILES string of the molecule is CC(CO)(CO)NC(=O)c1cc(Br)ccc1Br. The topological polar surface area (TPSA) is 69.6 Å². The second-order valence-corrected chi connectivity index (χ2v) is 5.73. The van der Waals surface area contributed by atoms with Crippen LogP contribution in [0.5, 0.6) is 0 Å². The van der Waals surface area contributed by atoms with Crippen molar-refractivity contribution in [3.8, 4) is 0 Å². The first-order chi connectivity index (χ1) is 7.91. The molecule has 6 heteroatoms. The number of hydrogen-bond acceptors (Lipinski definition) is 3. The van der Waals surface area contributed by atoms with E-state index in [0.29, 0.717) is 10.0 Å². The maximum absolute atomic E-state index is 12.0. The van der Waals surface area contributed by atoms with E-state index in [1.54, 1.807) is 25.1 Å². The molecule has 94 valence electrons. The van der Waals surface area contributed by atoms with E-state index in [1.807, 2.05) is 0 Å². The van der Waals surface area contributed by atoms with Gasteiger partial charge in [0.05, 0.1) is 24.3 Å². The first-order valence-corrected chi connectivity index (χ1v) is 6.50. The summed E-state index contributed by atoms with van der Waals surface area (Å²) in [5, 5.41) is 20.8. The Hall–Kier alpha value is -0.430. The fourth-order valence-corrected chi connectivity index (χ4v) is 1.93. The van der Waals surface area contributed by atoms with Crippen LogP contribution in [-0.4, -0.2) is 34.9 Å². The van der Waals surface area contributed by atoms with Crippen molar-refractivity contribution >= 4 is 37.8 Å². The number of rotatable bonds is 4. The monoisotopic (exact) mass is 365 g/mol. The number of hydrogen-bond donors (Lipinski definition) is 3. The Labute approximate surface area is 116 Å². The Bertz CT molecular complexity index is 419. The highest BCUT2D eigenvalue weighted by molar-refractivity contribution is 9.11. The molecule has 0 aromatic heterocycles. The summed E-state index contributed by atoms with van der Waals surface area (Å²) in [6.07, 6.45) is 0. The van der Waals surface area contributed by atoms with E-state index in [2.05, 4.69) is 37.2 Å². The maximum Gasteiger partial charge on any atom is 0.253 e. The predicted octanol–water partition coefficient (Wildman–Crippen LogP) is 1.68. The minimum Gasteiger partial charge on any atom is -0.394 e. The van der Waals surface area contributed by atoms with Crippen LogP contribution in [-0.2, 0) is 0 Å². The summed E-state index contributed by atoms with van der Waals surface area (Å²) in [7, 11) is 0. The van der Waals surface area contributed by atoms with Gasteiger partial charge in [-0.25, -0.2) is 0 Å². The van der Waals surface area contributed by atoms with Crippen molar-refractivity contribution in [2.75, 3.05) is 13.2 Å². The van der Waals surface area contributed by atoms with Crippen LogP contribution in [0.1, 0.15) is 17.3 Å². The van der Waals surface area contributed by atoms with Crippen molar-refractivity contribution < 1.29 is 15.0 Å². The van der Waals surface area contributed by atoms with Crippen molar-refractivity contribution in [3.63, 3.8) is 0 Å². The number of halogens is 2. The van der Waals surface area contributed by atoms with E-state index in [1.165, 1.54) is 0 Å². The number of aliphatic hydroxyl groups excluding tert-OH is 2. The van der Waals surface area contributed by atoms with Gasteiger partial charge in [0.2, 0.25) is 0 Å². The maximum atomic E-state index is 12.0. The number of benzene rings is 1. The average Bonchev–Trinajstić information content (AvgIpc) is 2.32. The van der Waals surface area contributed by atoms with Crippen molar-refractivity contribution in [2.24, 2.45) is 0 Å². The number of amides is 1. The second kappa shape index (κ2) is 5.95. The van der Waals surface area contributed by atoms with Gasteiger partial charge in [0, 0.05) is 8.95 Å². The van der Waals surface area contributed by atoms with Crippen LogP contribution >= 0.6 is 31.9 Å². The smallest absolute Gasteiger partial charge is 0.253 e. The lowest BCUT2D eigenvalue weighted by molar-refractivity contribution is 0.0723. The molecule has 0 radical (unpaired) electrons. The third-order valence-corrected chi connectivity index (χ3v) is 3.47. The fourth-order valence-electron chi connectivity index (χ4n) is 1.14. The van der Waals surface area contributed by atoms with Crippen LogP contribution in [0.4, 0.5) is 0 Å². The minimum absolute atomic E-state index is 0.332. The van der Waals surface area contributed by atoms with Gasteiger partial charge in [-0.2, -0.15) is 0 Å². The quantitative estimate of drug-likeness (QED) is 0.759. The molecule has 0 bridgehead atoms. The van der Waals surface area contributed by atoms with Crippen molar-refractivity contribution in [3.05, 3.63) is 32.7 Å². The van der Waals surface area contributed by atoms with E-state index in [4.69, 9.17) is 10.2 Å². The first kappa shape index (κ1) is 14.6. The Morgan fingerprint density at radius 2 is 1.94 bits per heavy atom. The zero-order chi connectivity index (χ0) is 13.1. The highest BCUT2D eigenvalue weighted by Gasteiger charge is 2.25. The normalized spacial score (nSPS) is 11.4. The summed E-state index contributed by atoms with van der Waals surface area (Å²) in [5.74, 6) is -0.358. The molecule has 0 aliphatic rings. The van der Waals surface area contributed by atoms with Gasteiger partial charge in [-0.15, -0.1) is 0 Å². The zero-order valence-electron chi connectivity index (χ0n) is 9.20. The highest BCUT2D eigenvalue weighted by Crippen LogP contribution is 2.22. The Kier molecular flexibility index (Phi) is 5.12. The molecule has 1 aromatic rings. The molecule has 1 aromatic carbocycles. The lowest BCUT2D eigenvalue weighted by Gasteiger charge is -2.26. The standard InChI is InChI=1S/C11H13Br2NO3/c1-11(5-15,6-16)14-10(17)8-4-7(12)2-3-9(8)13/h2-4,15-16H,5-6H2,1H3,(H,14,17). The van der Waals surface area contributed by atoms with Crippen molar-refractivity contribution in [2.45, 2.75) is 12.5 Å². The minimum atomic E-state index is -1.03. The van der Waals surface area contributed by atoms with Crippen LogP contribution < -0.4 is 5.32 Å². The van der Waals surface area contributed by atoms with Crippen LogP contribution in [0.25, 0.3) is 0 Å². The van der Waals surface area contributed by atoms with Crippen molar-refractivity contribution in [1.29, 1.82) is 0 Å². The van der Waals surface area contributed by atoms with Gasteiger partial charge in [-0.3, -0.25) is 4.79 Å². The van der Waals surface area contributed by atoms with Crippen LogP contribution in [0.3, 0.4) is 0 Å². The summed E-state index contributed by atoms with van der Waals surface area (Å²) in [5.41, 5.74) is -0.591. The van der Waals surface area contributed by atoms with Gasteiger partial charge in [-0.1, -0.05) is 15.9 Å². The van der Waals surface area contributed by atoms with Crippen molar-refractivity contribution in [1.82, 2.24) is 5.32 Å². The van der Waals surface area contributed by atoms with Gasteiger partial charge in [-0.05, 0) is 41.1 Å². The Morgan fingerprint density at radius 3 is 2.47 bits per heavy atom. The molecule has 3 N–H and O–H groups in total. The molecule has 0 saturated carbocycles. The molecule has 0 atom stereocenters. The third-order valence-electron chi connectivity index (χ3n) is 2.29. The molecule has 4 nitrogen and oxygen atoms in total. The largest absolute Gasteiger partial charge is 0.394 e. The lowest BCUT2D eigenvalue weighted by atomic mass is 10.0. The van der Waals surface area contributed by atoms with E-state index in [0.717, 1.165) is 4.47 Å². The zero-order valence-corrected chi connectivity index (χ0v) is 12.4. The Balaban J connectivity index is 2.94. The molecule has 0 unspecified atom stereocenters. The molecule has 0 aliphatic carbocycles. The first-order valence-electron chi connectivity index (χ1n) is 4.91. The summed E-state index contributed by atoms with van der Waals surface area (Å²) >= 11 is 6.55. The van der Waals surface area contributed by atoms with Crippen LogP contribution in [0.2, 0.25) is 0 Å². The molecule has 1 amide bonds. The van der Waals surface area contributed by atoms with Gasteiger partial charge >= 0.3 is 0 Å². The molecule has 0 saturated heterocycles. The third kappa shape index (κ3) is 3.77. The number of carbonyl (C=O) groups excluding carboxylic acids is 1. The predicted molar refractivity (Wildman–Crippen MR) is 71.9 cm³/mol. The molecule has 17 heavy (non-hydrogen) atoms. The van der Waals surface area contributed by atoms with Gasteiger partial charge in [0.25, 0.3) is 5.91 Å². The molecule has 0 fully saturated rings. The number of carbonyl (C=O) groups is 1. The Morgan fingerprint density at radius 1 is 1.35 bits per heavy atom. The summed E-state index contributed by atoms with van der Waals surface area (Å²) in [4.78, 5) is 12.0. The fraction of sp³-hybridized carbons (Fsp3) is 0.364. The van der Waals surface area contributed by atoms with E-state index >= 15 is 0 Å². The van der Waals surface area contributed by atoms with Gasteiger partial charge in [0.1, 0.15) is 0 Å². The number of aliphatic hydroxyl groups is 2. The second-order valence-electron chi connectivity index (χ2n) is 3.96. The van der Waals surface area contributed by atoms with Crippen LogP contribution in [0, 0.1) is 0 Å². The molecule has 0 spiro atoms. The molecular formula is C11H13Br2NO3. The average molecular weight is 367 g/mol. The number of nitrogens with one attached hydrogen (secondary N) is 1. The van der Waals surface area contributed by atoms with E-state index < -0.39 is 5.54 Å².